The molecular weight excluding hydrogens is 279 g/mol. The third kappa shape index (κ3) is 4.11. The van der Waals surface area contributed by atoms with E-state index in [1.54, 1.807) is 0 Å². The molecule has 3 N–H and O–H groups in total. The molecule has 0 bridgehead atoms. The van der Waals surface area contributed by atoms with E-state index < -0.39 is 11.7 Å². The Balaban J connectivity index is 2.04. The van der Waals surface area contributed by atoms with E-state index in [0.717, 1.165) is 23.3 Å². The van der Waals surface area contributed by atoms with Crippen LogP contribution in [0, 0.1) is 6.92 Å². The second-order valence-electron chi connectivity index (χ2n) is 4.77. The molecule has 0 saturated heterocycles. The predicted molar refractivity (Wildman–Crippen MR) is 77.0 cm³/mol. The first-order chi connectivity index (χ1) is 9.86. The molecular formula is C15H16F3N3. The van der Waals surface area contributed by atoms with Crippen molar-refractivity contribution in [3.8, 4) is 0 Å². The lowest BCUT2D eigenvalue weighted by molar-refractivity contribution is -0.137. The highest BCUT2D eigenvalue weighted by molar-refractivity contribution is 5.47. The lowest BCUT2D eigenvalue weighted by atomic mass is 10.1. The molecule has 0 aliphatic rings. The number of pyridine rings is 1. The average Bonchev–Trinajstić information content (AvgIpc) is 2.39. The van der Waals surface area contributed by atoms with Crippen molar-refractivity contribution >= 4 is 11.6 Å². The molecule has 2 aromatic rings. The molecule has 1 aromatic heterocycles. The lowest BCUT2D eigenvalue weighted by Crippen LogP contribution is -2.11. The Hall–Kier alpha value is -2.24. The predicted octanol–water partition coefficient (Wildman–Crippen LogP) is 3.65. The van der Waals surface area contributed by atoms with Gasteiger partial charge in [-0.2, -0.15) is 13.2 Å². The van der Waals surface area contributed by atoms with E-state index in [1.165, 1.54) is 0 Å². The molecule has 112 valence electrons. The lowest BCUT2D eigenvalue weighted by Gasteiger charge is -2.11. The standard InChI is InChI=1S/C15H16F3N3/c1-10-4-2-3-5-11(10)6-7-20-14-9-12(15(16,17)18)8-13(19)21-14/h2-5,8-9H,6-7H2,1H3,(H3,19,20,21). The van der Waals surface area contributed by atoms with E-state index in [4.69, 9.17) is 5.73 Å². The van der Waals surface area contributed by atoms with E-state index in [0.29, 0.717) is 13.0 Å². The Morgan fingerprint density at radius 1 is 1.19 bits per heavy atom. The summed E-state index contributed by atoms with van der Waals surface area (Å²) in [6, 6.07) is 9.66. The summed E-state index contributed by atoms with van der Waals surface area (Å²) in [7, 11) is 0. The third-order valence-corrected chi connectivity index (χ3v) is 3.13. The number of nitrogens with two attached hydrogens (primary N) is 1. The zero-order chi connectivity index (χ0) is 15.5. The molecule has 21 heavy (non-hydrogen) atoms. The summed E-state index contributed by atoms with van der Waals surface area (Å²) in [5, 5.41) is 2.88. The number of hydrogen-bond donors (Lipinski definition) is 2. The molecule has 0 spiro atoms. The molecule has 0 saturated carbocycles. The van der Waals surface area contributed by atoms with Crippen LogP contribution in [0.4, 0.5) is 24.8 Å². The fourth-order valence-electron chi connectivity index (χ4n) is 2.02. The number of nitrogen functional groups attached to an aromatic ring is 1. The fourth-order valence-corrected chi connectivity index (χ4v) is 2.02. The summed E-state index contributed by atoms with van der Waals surface area (Å²) in [4.78, 5) is 3.87. The highest BCUT2D eigenvalue weighted by Crippen LogP contribution is 2.31. The largest absolute Gasteiger partial charge is 0.416 e. The quantitative estimate of drug-likeness (QED) is 0.905. The minimum atomic E-state index is -4.43. The third-order valence-electron chi connectivity index (χ3n) is 3.13. The zero-order valence-electron chi connectivity index (χ0n) is 11.5. The molecule has 2 rings (SSSR count). The highest BCUT2D eigenvalue weighted by atomic mass is 19.4. The van der Waals surface area contributed by atoms with Crippen LogP contribution in [0.15, 0.2) is 36.4 Å². The maximum absolute atomic E-state index is 12.7. The first-order valence-electron chi connectivity index (χ1n) is 6.49. The van der Waals surface area contributed by atoms with Crippen LogP contribution in [0.1, 0.15) is 16.7 Å². The maximum Gasteiger partial charge on any atom is 0.416 e. The summed E-state index contributed by atoms with van der Waals surface area (Å²) >= 11 is 0. The number of nitrogens with one attached hydrogen (secondary N) is 1. The van der Waals surface area contributed by atoms with Crippen LogP contribution in [-0.4, -0.2) is 11.5 Å². The summed E-state index contributed by atoms with van der Waals surface area (Å²) in [5.41, 5.74) is 6.91. The van der Waals surface area contributed by atoms with Gasteiger partial charge in [0.25, 0.3) is 0 Å². The number of anilines is 2. The van der Waals surface area contributed by atoms with Gasteiger partial charge in [-0.3, -0.25) is 0 Å². The van der Waals surface area contributed by atoms with Crippen molar-refractivity contribution < 1.29 is 13.2 Å². The average molecular weight is 295 g/mol. The number of benzene rings is 1. The van der Waals surface area contributed by atoms with E-state index in [-0.39, 0.29) is 11.6 Å². The SMILES string of the molecule is Cc1ccccc1CCNc1cc(C(F)(F)F)cc(N)n1. The molecule has 6 heteroatoms. The molecule has 3 nitrogen and oxygen atoms in total. The van der Waals surface area contributed by atoms with Gasteiger partial charge in [0.2, 0.25) is 0 Å². The number of aromatic nitrogens is 1. The van der Waals surface area contributed by atoms with Crippen LogP contribution in [0.5, 0.6) is 0 Å². The van der Waals surface area contributed by atoms with Crippen LogP contribution in [-0.2, 0) is 12.6 Å². The molecule has 0 unspecified atom stereocenters. The summed E-state index contributed by atoms with van der Waals surface area (Å²) in [6.07, 6.45) is -3.73. The molecule has 0 fully saturated rings. The van der Waals surface area contributed by atoms with Gasteiger partial charge >= 0.3 is 6.18 Å². The highest BCUT2D eigenvalue weighted by Gasteiger charge is 2.31. The van der Waals surface area contributed by atoms with Crippen LogP contribution in [0.2, 0.25) is 0 Å². The number of nitrogens with zero attached hydrogens (tertiary/aromatic N) is 1. The molecule has 1 heterocycles. The van der Waals surface area contributed by atoms with Crippen molar-refractivity contribution in [3.05, 3.63) is 53.1 Å². The van der Waals surface area contributed by atoms with Gasteiger partial charge < -0.3 is 11.1 Å². The van der Waals surface area contributed by atoms with Crippen LogP contribution >= 0.6 is 0 Å². The van der Waals surface area contributed by atoms with Gasteiger partial charge in [-0.05, 0) is 36.6 Å². The fraction of sp³-hybridized carbons (Fsp3) is 0.267. The van der Waals surface area contributed by atoms with E-state index in [2.05, 4.69) is 10.3 Å². The molecule has 0 atom stereocenters. The first-order valence-corrected chi connectivity index (χ1v) is 6.49. The van der Waals surface area contributed by atoms with Gasteiger partial charge in [0.15, 0.2) is 0 Å². The smallest absolute Gasteiger partial charge is 0.384 e. The molecule has 0 radical (unpaired) electrons. The Kier molecular flexibility index (Phi) is 4.35. The van der Waals surface area contributed by atoms with Gasteiger partial charge in [-0.15, -0.1) is 0 Å². The van der Waals surface area contributed by atoms with E-state index >= 15 is 0 Å². The van der Waals surface area contributed by atoms with Crippen molar-refractivity contribution in [1.29, 1.82) is 0 Å². The minimum Gasteiger partial charge on any atom is -0.384 e. The van der Waals surface area contributed by atoms with E-state index in [1.807, 2.05) is 31.2 Å². The van der Waals surface area contributed by atoms with Crippen LogP contribution in [0.3, 0.4) is 0 Å². The molecule has 0 aliphatic heterocycles. The van der Waals surface area contributed by atoms with E-state index in [9.17, 15) is 13.2 Å². The number of hydrogen-bond acceptors (Lipinski definition) is 3. The molecule has 0 aliphatic carbocycles. The zero-order valence-corrected chi connectivity index (χ0v) is 11.5. The first kappa shape index (κ1) is 15.2. The second kappa shape index (κ2) is 6.03. The summed E-state index contributed by atoms with van der Waals surface area (Å²) in [5.74, 6) is -0.0147. The Morgan fingerprint density at radius 2 is 1.90 bits per heavy atom. The van der Waals surface area contributed by atoms with Crippen molar-refractivity contribution in [1.82, 2.24) is 4.98 Å². The van der Waals surface area contributed by atoms with Gasteiger partial charge in [-0.1, -0.05) is 24.3 Å². The van der Waals surface area contributed by atoms with Crippen molar-refractivity contribution in [2.45, 2.75) is 19.5 Å². The molecule has 1 aromatic carbocycles. The number of halogens is 3. The normalized spacial score (nSPS) is 11.4. The number of aryl methyl sites for hydroxylation is 1. The van der Waals surface area contributed by atoms with Crippen molar-refractivity contribution in [3.63, 3.8) is 0 Å². The van der Waals surface area contributed by atoms with Crippen LogP contribution in [0.25, 0.3) is 0 Å². The van der Waals surface area contributed by atoms with Crippen LogP contribution < -0.4 is 11.1 Å². The second-order valence-corrected chi connectivity index (χ2v) is 4.77. The van der Waals surface area contributed by atoms with Gasteiger partial charge in [0.05, 0.1) is 5.56 Å². The number of rotatable bonds is 4. The van der Waals surface area contributed by atoms with Crippen molar-refractivity contribution in [2.24, 2.45) is 0 Å². The van der Waals surface area contributed by atoms with Gasteiger partial charge in [-0.25, -0.2) is 4.98 Å². The Labute approximate surface area is 121 Å². The van der Waals surface area contributed by atoms with Gasteiger partial charge in [0, 0.05) is 6.54 Å². The monoisotopic (exact) mass is 295 g/mol. The summed E-state index contributed by atoms with van der Waals surface area (Å²) in [6.45, 7) is 2.48. The van der Waals surface area contributed by atoms with Crippen molar-refractivity contribution in [2.75, 3.05) is 17.6 Å². The topological polar surface area (TPSA) is 50.9 Å². The Morgan fingerprint density at radius 3 is 2.57 bits per heavy atom. The Bertz CT molecular complexity index is 624. The maximum atomic E-state index is 12.7. The minimum absolute atomic E-state index is 0.135. The molecule has 0 amide bonds. The summed E-state index contributed by atoms with van der Waals surface area (Å²) < 4.78 is 38.0. The number of alkyl halides is 3. The van der Waals surface area contributed by atoms with Gasteiger partial charge in [0.1, 0.15) is 11.6 Å².